The molecule has 0 unspecified atom stereocenters. The highest BCUT2D eigenvalue weighted by Crippen LogP contribution is 2.28. The molecule has 0 aromatic heterocycles. The molecule has 0 fully saturated rings. The van der Waals surface area contributed by atoms with Crippen molar-refractivity contribution in [3.05, 3.63) is 89.5 Å². The van der Waals surface area contributed by atoms with Gasteiger partial charge in [-0.1, -0.05) is 78.9 Å². The first-order chi connectivity index (χ1) is 11.7. The smallest absolute Gasteiger partial charge is 0.339 e. The summed E-state index contributed by atoms with van der Waals surface area (Å²) in [5.41, 5.74) is 3.53. The number of phenols is 1. The summed E-state index contributed by atoms with van der Waals surface area (Å²) in [5.74, 6) is -1.37. The molecule has 0 aliphatic rings. The van der Waals surface area contributed by atoms with Gasteiger partial charge in [-0.2, -0.15) is 0 Å². The minimum atomic E-state index is -1.15. The van der Waals surface area contributed by atoms with E-state index in [1.54, 1.807) is 18.2 Å². The molecule has 0 aliphatic heterocycles. The largest absolute Gasteiger partial charge is 0.506 e. The Bertz CT molecular complexity index is 896. The number of aromatic carboxylic acids is 1. The molecule has 3 aromatic rings. The normalized spacial score (nSPS) is 10.8. The maximum Gasteiger partial charge on any atom is 0.339 e. The lowest BCUT2D eigenvalue weighted by molar-refractivity contribution is 0.0693. The van der Waals surface area contributed by atoms with Gasteiger partial charge in [-0.25, -0.2) is 4.79 Å². The topological polar surface area (TPSA) is 57.5 Å². The van der Waals surface area contributed by atoms with Crippen molar-refractivity contribution in [2.75, 3.05) is 0 Å². The Kier molecular flexibility index (Phi) is 4.43. The van der Waals surface area contributed by atoms with Gasteiger partial charge in [-0.05, 0) is 22.8 Å². The second kappa shape index (κ2) is 6.84. The molecule has 0 radical (unpaired) electrons. The summed E-state index contributed by atoms with van der Waals surface area (Å²) >= 11 is 0. The van der Waals surface area contributed by atoms with Crippen LogP contribution in [0.5, 0.6) is 5.75 Å². The van der Waals surface area contributed by atoms with E-state index in [0.29, 0.717) is 5.56 Å². The number of carbonyl (C=O) groups is 1. The monoisotopic (exact) mass is 316 g/mol. The molecule has 0 amide bonds. The summed E-state index contributed by atoms with van der Waals surface area (Å²) in [7, 11) is 0. The third-order valence-electron chi connectivity index (χ3n) is 3.79. The number of rotatable bonds is 4. The fourth-order valence-corrected chi connectivity index (χ4v) is 2.57. The van der Waals surface area contributed by atoms with Crippen LogP contribution >= 0.6 is 0 Å². The van der Waals surface area contributed by atoms with E-state index in [9.17, 15) is 9.90 Å². The van der Waals surface area contributed by atoms with Crippen LogP contribution in [0.1, 0.15) is 21.5 Å². The number of benzene rings is 3. The van der Waals surface area contributed by atoms with Gasteiger partial charge in [0.1, 0.15) is 11.3 Å². The Morgan fingerprint density at radius 1 is 0.750 bits per heavy atom. The molecule has 0 spiro atoms. The van der Waals surface area contributed by atoms with Crippen molar-refractivity contribution in [2.45, 2.75) is 0 Å². The fraction of sp³-hybridized carbons (Fsp3) is 0. The van der Waals surface area contributed by atoms with Crippen LogP contribution in [0.4, 0.5) is 0 Å². The van der Waals surface area contributed by atoms with E-state index in [0.717, 1.165) is 16.7 Å². The quantitative estimate of drug-likeness (QED) is 0.671. The van der Waals surface area contributed by atoms with Crippen LogP contribution in [0, 0.1) is 0 Å². The number of carboxylic acid groups (broad SMARTS) is 1. The first-order valence-electron chi connectivity index (χ1n) is 7.54. The lowest BCUT2D eigenvalue weighted by Crippen LogP contribution is -1.97. The first-order valence-corrected chi connectivity index (χ1v) is 7.54. The van der Waals surface area contributed by atoms with Gasteiger partial charge in [0.25, 0.3) is 0 Å². The van der Waals surface area contributed by atoms with Crippen molar-refractivity contribution >= 4 is 18.1 Å². The predicted molar refractivity (Wildman–Crippen MR) is 95.9 cm³/mol. The molecule has 0 aliphatic carbocycles. The molecule has 3 rings (SSSR count). The summed E-state index contributed by atoms with van der Waals surface area (Å²) in [5, 5.41) is 19.2. The van der Waals surface area contributed by atoms with Gasteiger partial charge in [-0.15, -0.1) is 0 Å². The summed E-state index contributed by atoms with van der Waals surface area (Å²) in [6, 6.07) is 22.6. The van der Waals surface area contributed by atoms with Crippen LogP contribution in [0.15, 0.2) is 72.8 Å². The van der Waals surface area contributed by atoms with Crippen LogP contribution in [-0.2, 0) is 0 Å². The van der Waals surface area contributed by atoms with Gasteiger partial charge in [0.05, 0.1) is 0 Å². The van der Waals surface area contributed by atoms with E-state index >= 15 is 0 Å². The highest BCUT2D eigenvalue weighted by Gasteiger charge is 2.11. The Balaban J connectivity index is 2.00. The summed E-state index contributed by atoms with van der Waals surface area (Å²) < 4.78 is 0. The molecule has 0 atom stereocenters. The first kappa shape index (κ1) is 15.6. The van der Waals surface area contributed by atoms with Crippen LogP contribution < -0.4 is 0 Å². The second-order valence-electron chi connectivity index (χ2n) is 5.34. The zero-order valence-corrected chi connectivity index (χ0v) is 12.9. The van der Waals surface area contributed by atoms with Crippen molar-refractivity contribution < 1.29 is 15.0 Å². The van der Waals surface area contributed by atoms with Gasteiger partial charge in [-0.3, -0.25) is 0 Å². The van der Waals surface area contributed by atoms with Crippen LogP contribution in [0.3, 0.4) is 0 Å². The summed E-state index contributed by atoms with van der Waals surface area (Å²) in [4.78, 5) is 11.1. The van der Waals surface area contributed by atoms with E-state index in [4.69, 9.17) is 5.11 Å². The molecule has 2 N–H and O–H groups in total. The van der Waals surface area contributed by atoms with Crippen LogP contribution in [0.2, 0.25) is 0 Å². The third-order valence-corrected chi connectivity index (χ3v) is 3.79. The van der Waals surface area contributed by atoms with E-state index < -0.39 is 5.97 Å². The Morgan fingerprint density at radius 3 is 2.12 bits per heavy atom. The van der Waals surface area contributed by atoms with E-state index in [-0.39, 0.29) is 11.3 Å². The summed E-state index contributed by atoms with van der Waals surface area (Å²) in [6.07, 6.45) is 3.60. The number of hydrogen-bond acceptors (Lipinski definition) is 2. The highest BCUT2D eigenvalue weighted by atomic mass is 16.4. The average molecular weight is 316 g/mol. The number of carboxylic acids is 1. The van der Waals surface area contributed by atoms with Crippen molar-refractivity contribution in [2.24, 2.45) is 0 Å². The molecular weight excluding hydrogens is 300 g/mol. The van der Waals surface area contributed by atoms with Crippen LogP contribution in [-0.4, -0.2) is 16.2 Å². The molecule has 3 nitrogen and oxygen atoms in total. The molecule has 118 valence electrons. The van der Waals surface area contributed by atoms with Gasteiger partial charge in [0, 0.05) is 5.56 Å². The van der Waals surface area contributed by atoms with Crippen molar-refractivity contribution in [3.63, 3.8) is 0 Å². The number of aromatic hydroxyl groups is 1. The SMILES string of the molecule is O=C(O)c1cccc(C=Cc2ccccc2-c2ccccc2)c1O. The molecule has 0 saturated carbocycles. The Morgan fingerprint density at radius 2 is 1.38 bits per heavy atom. The molecule has 3 aromatic carbocycles. The standard InChI is InChI=1S/C21H16O3/c22-20-17(10-6-12-19(20)21(23)24)14-13-16-9-4-5-11-18(16)15-7-2-1-3-8-15/h1-14,22H,(H,23,24). The zero-order chi connectivity index (χ0) is 16.9. The third kappa shape index (κ3) is 3.20. The fourth-order valence-electron chi connectivity index (χ4n) is 2.57. The Labute approximate surface area is 140 Å². The lowest BCUT2D eigenvalue weighted by Gasteiger charge is -2.07. The Hall–Kier alpha value is -3.33. The van der Waals surface area contributed by atoms with Gasteiger partial charge in [0.2, 0.25) is 0 Å². The minimum absolute atomic E-state index is 0.103. The van der Waals surface area contributed by atoms with E-state index in [2.05, 4.69) is 0 Å². The average Bonchev–Trinajstić information content (AvgIpc) is 2.61. The maximum absolute atomic E-state index is 11.1. The predicted octanol–water partition coefficient (Wildman–Crippen LogP) is 4.93. The van der Waals surface area contributed by atoms with Gasteiger partial charge >= 0.3 is 5.97 Å². The second-order valence-corrected chi connectivity index (χ2v) is 5.34. The molecule has 0 bridgehead atoms. The van der Waals surface area contributed by atoms with Gasteiger partial charge < -0.3 is 10.2 Å². The van der Waals surface area contributed by atoms with Crippen molar-refractivity contribution in [1.82, 2.24) is 0 Å². The zero-order valence-electron chi connectivity index (χ0n) is 12.9. The lowest BCUT2D eigenvalue weighted by atomic mass is 9.98. The molecule has 0 saturated heterocycles. The van der Waals surface area contributed by atoms with Crippen molar-refractivity contribution in [3.8, 4) is 16.9 Å². The molecule has 24 heavy (non-hydrogen) atoms. The van der Waals surface area contributed by atoms with E-state index in [1.807, 2.05) is 60.7 Å². The van der Waals surface area contributed by atoms with E-state index in [1.165, 1.54) is 6.07 Å². The van der Waals surface area contributed by atoms with Gasteiger partial charge in [0.15, 0.2) is 0 Å². The van der Waals surface area contributed by atoms with Crippen molar-refractivity contribution in [1.29, 1.82) is 0 Å². The molecular formula is C21H16O3. The molecule has 0 heterocycles. The minimum Gasteiger partial charge on any atom is -0.506 e. The summed E-state index contributed by atoms with van der Waals surface area (Å²) in [6.45, 7) is 0. The number of para-hydroxylation sites is 1. The highest BCUT2D eigenvalue weighted by molar-refractivity contribution is 5.93. The maximum atomic E-state index is 11.1. The number of hydrogen-bond donors (Lipinski definition) is 2. The van der Waals surface area contributed by atoms with Crippen LogP contribution in [0.25, 0.3) is 23.3 Å². The molecule has 3 heteroatoms.